The summed E-state index contributed by atoms with van der Waals surface area (Å²) in [5, 5.41) is 0. The van der Waals surface area contributed by atoms with E-state index in [-0.39, 0.29) is 11.9 Å². The van der Waals surface area contributed by atoms with E-state index < -0.39 is 0 Å². The van der Waals surface area contributed by atoms with Crippen molar-refractivity contribution in [2.45, 2.75) is 156 Å². The quantitative estimate of drug-likeness (QED) is 0.0961. The molecule has 0 N–H and O–H groups in total. The van der Waals surface area contributed by atoms with Crippen molar-refractivity contribution in [2.24, 2.45) is 11.8 Å². The zero-order valence-electron chi connectivity index (χ0n) is 21.5. The maximum atomic E-state index is 11.8. The van der Waals surface area contributed by atoms with E-state index in [4.69, 9.17) is 4.74 Å². The molecule has 0 atom stereocenters. The first kappa shape index (κ1) is 30.1. The molecule has 184 valence electrons. The second-order valence-electron chi connectivity index (χ2n) is 10.4. The summed E-state index contributed by atoms with van der Waals surface area (Å²) in [4.78, 5) is 23.5. The minimum atomic E-state index is -0.333. The van der Waals surface area contributed by atoms with Gasteiger partial charge < -0.3 is 4.74 Å². The SMILES string of the molecule is CC(C)CCCCCCCCCCC(=O)OC(=O)CCCCCCCCCCC(C)C. The Morgan fingerprint density at radius 2 is 0.710 bits per heavy atom. The standard InChI is InChI=1S/C28H54O3/c1-25(2)21-17-13-9-5-7-11-15-19-23-27(29)31-28(30)24-20-16-12-8-6-10-14-18-22-26(3)4/h25-26H,5-24H2,1-4H3. The Bertz CT molecular complexity index is 376. The number of carbonyl (C=O) groups excluding carboxylic acids is 2. The van der Waals surface area contributed by atoms with Gasteiger partial charge in [-0.15, -0.1) is 0 Å². The van der Waals surface area contributed by atoms with Crippen LogP contribution in [0.25, 0.3) is 0 Å². The number of hydrogen-bond acceptors (Lipinski definition) is 3. The molecule has 0 aliphatic carbocycles. The molecule has 0 aliphatic heterocycles. The third kappa shape index (κ3) is 25.3. The molecule has 0 saturated heterocycles. The lowest BCUT2D eigenvalue weighted by atomic mass is 10.0. The molecular weight excluding hydrogens is 384 g/mol. The summed E-state index contributed by atoms with van der Waals surface area (Å²) in [5.74, 6) is 0.983. The molecule has 0 aromatic carbocycles. The summed E-state index contributed by atoms with van der Waals surface area (Å²) in [5.41, 5.74) is 0. The lowest BCUT2D eigenvalue weighted by Crippen LogP contribution is -2.11. The number of esters is 2. The molecule has 3 heteroatoms. The minimum absolute atomic E-state index is 0.333. The van der Waals surface area contributed by atoms with Gasteiger partial charge in [0.05, 0.1) is 0 Å². The Labute approximate surface area is 194 Å². The second kappa shape index (κ2) is 22.3. The highest BCUT2D eigenvalue weighted by Gasteiger charge is 2.09. The van der Waals surface area contributed by atoms with Gasteiger partial charge in [0.25, 0.3) is 0 Å². The first-order valence-corrected chi connectivity index (χ1v) is 13.6. The Balaban J connectivity index is 3.34. The van der Waals surface area contributed by atoms with Crippen molar-refractivity contribution in [3.63, 3.8) is 0 Å². The van der Waals surface area contributed by atoms with Gasteiger partial charge in [-0.2, -0.15) is 0 Å². The van der Waals surface area contributed by atoms with Crippen LogP contribution in [0.15, 0.2) is 0 Å². The highest BCUT2D eigenvalue weighted by atomic mass is 16.6. The van der Waals surface area contributed by atoms with Crippen LogP contribution in [0, 0.1) is 11.8 Å². The van der Waals surface area contributed by atoms with Crippen molar-refractivity contribution in [3.05, 3.63) is 0 Å². The third-order valence-electron chi connectivity index (χ3n) is 6.05. The van der Waals surface area contributed by atoms with E-state index in [0.29, 0.717) is 12.8 Å². The van der Waals surface area contributed by atoms with Gasteiger partial charge in [0.2, 0.25) is 0 Å². The Kier molecular flexibility index (Phi) is 21.7. The van der Waals surface area contributed by atoms with Crippen LogP contribution in [0.1, 0.15) is 156 Å². The van der Waals surface area contributed by atoms with Crippen LogP contribution < -0.4 is 0 Å². The van der Waals surface area contributed by atoms with Crippen LogP contribution in [-0.2, 0) is 14.3 Å². The molecule has 31 heavy (non-hydrogen) atoms. The number of unbranched alkanes of at least 4 members (excludes halogenated alkanes) is 14. The van der Waals surface area contributed by atoms with Crippen LogP contribution >= 0.6 is 0 Å². The highest BCUT2D eigenvalue weighted by Crippen LogP contribution is 2.14. The normalized spacial score (nSPS) is 11.4. The fourth-order valence-corrected chi connectivity index (χ4v) is 3.99. The monoisotopic (exact) mass is 438 g/mol. The summed E-state index contributed by atoms with van der Waals surface area (Å²) in [6.45, 7) is 9.15. The molecule has 0 saturated carbocycles. The third-order valence-corrected chi connectivity index (χ3v) is 6.05. The number of hydrogen-bond donors (Lipinski definition) is 0. The molecular formula is C28H54O3. The van der Waals surface area contributed by atoms with Crippen molar-refractivity contribution in [3.8, 4) is 0 Å². The van der Waals surface area contributed by atoms with Crippen LogP contribution in [-0.4, -0.2) is 11.9 Å². The molecule has 0 unspecified atom stereocenters. The average Bonchev–Trinajstić information content (AvgIpc) is 2.70. The lowest BCUT2D eigenvalue weighted by Gasteiger charge is -2.05. The van der Waals surface area contributed by atoms with Gasteiger partial charge in [-0.1, -0.05) is 130 Å². The van der Waals surface area contributed by atoms with Gasteiger partial charge in [0.1, 0.15) is 0 Å². The Morgan fingerprint density at radius 1 is 0.452 bits per heavy atom. The van der Waals surface area contributed by atoms with Crippen LogP contribution in [0.5, 0.6) is 0 Å². The largest absolute Gasteiger partial charge is 0.393 e. The maximum Gasteiger partial charge on any atom is 0.313 e. The number of rotatable bonds is 22. The fourth-order valence-electron chi connectivity index (χ4n) is 3.99. The zero-order chi connectivity index (χ0) is 23.2. The molecule has 0 aromatic rings. The van der Waals surface area contributed by atoms with E-state index in [1.54, 1.807) is 0 Å². The number of carbonyl (C=O) groups is 2. The molecule has 0 fully saturated rings. The van der Waals surface area contributed by atoms with Gasteiger partial charge >= 0.3 is 11.9 Å². The predicted molar refractivity (Wildman–Crippen MR) is 133 cm³/mol. The summed E-state index contributed by atoms with van der Waals surface area (Å²) in [6, 6.07) is 0. The van der Waals surface area contributed by atoms with Gasteiger partial charge in [-0.3, -0.25) is 9.59 Å². The first-order valence-electron chi connectivity index (χ1n) is 13.6. The predicted octanol–water partition coefficient (Wildman–Crippen LogP) is 9.17. The topological polar surface area (TPSA) is 43.4 Å². The minimum Gasteiger partial charge on any atom is -0.393 e. The Hall–Kier alpha value is -0.860. The molecule has 0 aromatic heterocycles. The summed E-state index contributed by atoms with van der Waals surface area (Å²) < 4.78 is 4.96. The van der Waals surface area contributed by atoms with E-state index >= 15 is 0 Å². The van der Waals surface area contributed by atoms with Crippen molar-refractivity contribution in [2.75, 3.05) is 0 Å². The van der Waals surface area contributed by atoms with Gasteiger partial charge in [0, 0.05) is 12.8 Å². The van der Waals surface area contributed by atoms with Crippen molar-refractivity contribution in [1.29, 1.82) is 0 Å². The zero-order valence-corrected chi connectivity index (χ0v) is 21.5. The second-order valence-corrected chi connectivity index (χ2v) is 10.4. The molecule has 0 bridgehead atoms. The Morgan fingerprint density at radius 3 is 1.00 bits per heavy atom. The van der Waals surface area contributed by atoms with Gasteiger partial charge in [-0.25, -0.2) is 0 Å². The van der Waals surface area contributed by atoms with Crippen LogP contribution in [0.3, 0.4) is 0 Å². The van der Waals surface area contributed by atoms with E-state index in [9.17, 15) is 9.59 Å². The number of ether oxygens (including phenoxy) is 1. The van der Waals surface area contributed by atoms with E-state index in [1.807, 2.05) is 0 Å². The molecule has 0 amide bonds. The van der Waals surface area contributed by atoms with Crippen LogP contribution in [0.4, 0.5) is 0 Å². The molecule has 3 nitrogen and oxygen atoms in total. The van der Waals surface area contributed by atoms with Crippen molar-refractivity contribution in [1.82, 2.24) is 0 Å². The summed E-state index contributed by atoms with van der Waals surface area (Å²) in [6.07, 6.45) is 22.9. The smallest absolute Gasteiger partial charge is 0.313 e. The fraction of sp³-hybridized carbons (Fsp3) is 0.929. The van der Waals surface area contributed by atoms with Crippen molar-refractivity contribution < 1.29 is 14.3 Å². The summed E-state index contributed by atoms with van der Waals surface area (Å²) >= 11 is 0. The van der Waals surface area contributed by atoms with E-state index in [0.717, 1.165) is 37.5 Å². The van der Waals surface area contributed by atoms with Crippen LogP contribution in [0.2, 0.25) is 0 Å². The summed E-state index contributed by atoms with van der Waals surface area (Å²) in [7, 11) is 0. The molecule has 0 rings (SSSR count). The maximum absolute atomic E-state index is 11.8. The van der Waals surface area contributed by atoms with Gasteiger partial charge in [-0.05, 0) is 24.7 Å². The molecule has 0 spiro atoms. The molecule has 0 radical (unpaired) electrons. The first-order chi connectivity index (χ1) is 14.9. The lowest BCUT2D eigenvalue weighted by molar-refractivity contribution is -0.159. The molecule has 0 aliphatic rings. The highest BCUT2D eigenvalue weighted by molar-refractivity contribution is 5.85. The van der Waals surface area contributed by atoms with E-state index in [1.165, 1.54) is 89.9 Å². The van der Waals surface area contributed by atoms with Gasteiger partial charge in [0.15, 0.2) is 0 Å². The molecule has 0 heterocycles. The average molecular weight is 439 g/mol. The van der Waals surface area contributed by atoms with Crippen molar-refractivity contribution >= 4 is 11.9 Å². The van der Waals surface area contributed by atoms with E-state index in [2.05, 4.69) is 27.7 Å².